The van der Waals surface area contributed by atoms with Gasteiger partial charge in [0.2, 0.25) is 5.96 Å². The first-order valence-corrected chi connectivity index (χ1v) is 9.57. The predicted molar refractivity (Wildman–Crippen MR) is 120 cm³/mol. The van der Waals surface area contributed by atoms with Gasteiger partial charge in [-0.15, -0.1) is 0 Å². The Bertz CT molecular complexity index is 1180. The van der Waals surface area contributed by atoms with Crippen LogP contribution in [-0.4, -0.2) is 16.7 Å². The maximum Gasteiger partial charge on any atom is 0.206 e. The second-order valence-corrected chi connectivity index (χ2v) is 7.11. The first-order chi connectivity index (χ1) is 14.1. The molecule has 0 fully saturated rings. The molecule has 1 heterocycles. The van der Waals surface area contributed by atoms with Gasteiger partial charge in [-0.3, -0.25) is 5.41 Å². The minimum atomic E-state index is -0.205. The Morgan fingerprint density at radius 2 is 1.66 bits per heavy atom. The van der Waals surface area contributed by atoms with E-state index >= 15 is 0 Å². The van der Waals surface area contributed by atoms with Crippen molar-refractivity contribution in [3.05, 3.63) is 95.0 Å². The van der Waals surface area contributed by atoms with Gasteiger partial charge in [0.1, 0.15) is 0 Å². The zero-order valence-electron chi connectivity index (χ0n) is 15.6. The van der Waals surface area contributed by atoms with Crippen molar-refractivity contribution in [2.45, 2.75) is 6.42 Å². The summed E-state index contributed by atoms with van der Waals surface area (Å²) in [6.07, 6.45) is 0.587. The van der Waals surface area contributed by atoms with Gasteiger partial charge in [-0.2, -0.15) is 5.10 Å². The topological polar surface area (TPSA) is 90.1 Å². The zero-order valence-corrected chi connectivity index (χ0v) is 16.4. The lowest BCUT2D eigenvalue weighted by atomic mass is 9.96. The van der Waals surface area contributed by atoms with Crippen LogP contribution in [0, 0.1) is 5.41 Å². The summed E-state index contributed by atoms with van der Waals surface area (Å²) in [5.74, 6) is -0.205. The summed E-state index contributed by atoms with van der Waals surface area (Å²) >= 11 is 6.09. The number of halogens is 1. The van der Waals surface area contributed by atoms with Crippen molar-refractivity contribution < 1.29 is 0 Å². The number of fused-ring (bicyclic) bond motifs is 1. The fraction of sp³-hybridized carbons (Fsp3) is 0.0435. The van der Waals surface area contributed by atoms with E-state index in [-0.39, 0.29) is 5.96 Å². The number of aromatic amines is 1. The molecule has 0 spiro atoms. The number of hydrogen-bond donors (Lipinski definition) is 4. The Morgan fingerprint density at radius 3 is 2.38 bits per heavy atom. The summed E-state index contributed by atoms with van der Waals surface area (Å²) in [7, 11) is 0. The number of nitrogens with one attached hydrogen (secondary N) is 3. The minimum absolute atomic E-state index is 0.205. The van der Waals surface area contributed by atoms with Crippen LogP contribution in [0.2, 0.25) is 5.02 Å². The lowest BCUT2D eigenvalue weighted by molar-refractivity contribution is 0.984. The van der Waals surface area contributed by atoms with Gasteiger partial charge in [0.15, 0.2) is 0 Å². The molecule has 0 aliphatic carbocycles. The molecule has 5 nitrogen and oxygen atoms in total. The van der Waals surface area contributed by atoms with E-state index in [4.69, 9.17) is 22.7 Å². The average Bonchev–Trinajstić information content (AvgIpc) is 3.12. The first-order valence-electron chi connectivity index (χ1n) is 9.19. The standard InChI is InChI=1S/C23H20ClN5/c24-17-12-10-16(11-13-17)22-21(18-8-4-5-9-19(18)27-22)20(28-29-23(25)26)14-15-6-2-1-3-7-15/h1-13,27H,14H2,(H4,25,26,29)/b28-20-. The monoisotopic (exact) mass is 401 g/mol. The number of hydrogen-bond acceptors (Lipinski definition) is 2. The van der Waals surface area contributed by atoms with Gasteiger partial charge >= 0.3 is 0 Å². The number of hydrazone groups is 1. The highest BCUT2D eigenvalue weighted by atomic mass is 35.5. The Kier molecular flexibility index (Phi) is 5.31. The number of rotatable bonds is 5. The Morgan fingerprint density at radius 1 is 0.966 bits per heavy atom. The third-order valence-corrected chi connectivity index (χ3v) is 4.91. The van der Waals surface area contributed by atoms with Crippen LogP contribution in [0.5, 0.6) is 0 Å². The molecule has 0 saturated carbocycles. The molecule has 0 radical (unpaired) electrons. The molecule has 3 aromatic carbocycles. The van der Waals surface area contributed by atoms with Crippen LogP contribution in [0.1, 0.15) is 11.1 Å². The predicted octanol–water partition coefficient (Wildman–Crippen LogP) is 4.92. The quantitative estimate of drug-likeness (QED) is 0.217. The number of guanidine groups is 1. The van der Waals surface area contributed by atoms with E-state index in [9.17, 15) is 0 Å². The number of benzene rings is 3. The molecule has 29 heavy (non-hydrogen) atoms. The van der Waals surface area contributed by atoms with Crippen LogP contribution >= 0.6 is 11.6 Å². The maximum absolute atomic E-state index is 7.53. The lowest BCUT2D eigenvalue weighted by Gasteiger charge is -2.11. The van der Waals surface area contributed by atoms with Gasteiger partial charge in [0, 0.05) is 27.9 Å². The fourth-order valence-electron chi connectivity index (χ4n) is 3.38. The summed E-state index contributed by atoms with van der Waals surface area (Å²) in [5, 5.41) is 13.8. The highest BCUT2D eigenvalue weighted by Gasteiger charge is 2.19. The molecule has 6 heteroatoms. The molecule has 0 bridgehead atoms. The molecule has 144 valence electrons. The van der Waals surface area contributed by atoms with Gasteiger partial charge in [0.25, 0.3) is 0 Å². The number of nitrogens with two attached hydrogens (primary N) is 1. The molecule has 0 amide bonds. The van der Waals surface area contributed by atoms with Crippen LogP contribution in [0.25, 0.3) is 22.2 Å². The van der Waals surface area contributed by atoms with E-state index in [2.05, 4.69) is 33.7 Å². The largest absolute Gasteiger partial charge is 0.369 e. The van der Waals surface area contributed by atoms with Crippen molar-refractivity contribution in [1.29, 1.82) is 5.41 Å². The molecule has 5 N–H and O–H groups in total. The van der Waals surface area contributed by atoms with E-state index in [0.29, 0.717) is 11.4 Å². The molecular weight excluding hydrogens is 382 g/mol. The molecule has 0 saturated heterocycles. The third kappa shape index (κ3) is 4.15. The SMILES string of the molecule is N=C(N)N/N=C(/Cc1ccccc1)c1c(-c2ccc(Cl)cc2)[nH]c2ccccc12. The zero-order chi connectivity index (χ0) is 20.2. The van der Waals surface area contributed by atoms with Crippen molar-refractivity contribution in [2.75, 3.05) is 0 Å². The van der Waals surface area contributed by atoms with E-state index in [1.807, 2.05) is 60.7 Å². The van der Waals surface area contributed by atoms with Gasteiger partial charge in [-0.1, -0.05) is 72.3 Å². The Labute approximate surface area is 173 Å². The summed E-state index contributed by atoms with van der Waals surface area (Å²) in [5.41, 5.74) is 14.0. The first kappa shape index (κ1) is 18.8. The number of nitrogens with zero attached hydrogens (tertiary/aromatic N) is 1. The lowest BCUT2D eigenvalue weighted by Crippen LogP contribution is -2.27. The van der Waals surface area contributed by atoms with Crippen molar-refractivity contribution in [2.24, 2.45) is 10.8 Å². The third-order valence-electron chi connectivity index (χ3n) is 4.65. The molecule has 1 aromatic heterocycles. The molecule has 0 aliphatic heterocycles. The van der Waals surface area contributed by atoms with Gasteiger partial charge in [-0.05, 0) is 29.3 Å². The average molecular weight is 402 g/mol. The highest BCUT2D eigenvalue weighted by molar-refractivity contribution is 6.30. The van der Waals surface area contributed by atoms with Crippen LogP contribution in [0.15, 0.2) is 84.0 Å². The van der Waals surface area contributed by atoms with E-state index in [0.717, 1.165) is 39.0 Å². The Hall–Kier alpha value is -3.57. The smallest absolute Gasteiger partial charge is 0.206 e. The van der Waals surface area contributed by atoms with Gasteiger partial charge < -0.3 is 10.7 Å². The molecular formula is C23H20ClN5. The van der Waals surface area contributed by atoms with E-state index < -0.39 is 0 Å². The fourth-order valence-corrected chi connectivity index (χ4v) is 3.50. The van der Waals surface area contributed by atoms with Gasteiger partial charge in [0.05, 0.1) is 11.4 Å². The number of aromatic nitrogens is 1. The number of para-hydroxylation sites is 1. The highest BCUT2D eigenvalue weighted by Crippen LogP contribution is 2.32. The normalized spacial score (nSPS) is 11.6. The molecule has 0 unspecified atom stereocenters. The summed E-state index contributed by atoms with van der Waals surface area (Å²) in [4.78, 5) is 3.52. The maximum atomic E-state index is 7.53. The molecule has 0 atom stereocenters. The van der Waals surface area contributed by atoms with Crippen molar-refractivity contribution in [1.82, 2.24) is 10.4 Å². The van der Waals surface area contributed by atoms with Crippen LogP contribution in [0.4, 0.5) is 0 Å². The summed E-state index contributed by atoms with van der Waals surface area (Å²) in [6, 6.07) is 25.9. The number of H-pyrrole nitrogens is 1. The summed E-state index contributed by atoms with van der Waals surface area (Å²) in [6.45, 7) is 0. The second-order valence-electron chi connectivity index (χ2n) is 6.67. The molecule has 0 aliphatic rings. The summed E-state index contributed by atoms with van der Waals surface area (Å²) < 4.78 is 0. The molecule has 4 aromatic rings. The van der Waals surface area contributed by atoms with Crippen molar-refractivity contribution in [3.63, 3.8) is 0 Å². The van der Waals surface area contributed by atoms with Gasteiger partial charge in [-0.25, -0.2) is 5.43 Å². The van der Waals surface area contributed by atoms with E-state index in [1.165, 1.54) is 0 Å². The minimum Gasteiger partial charge on any atom is -0.369 e. The second kappa shape index (κ2) is 8.20. The van der Waals surface area contributed by atoms with Crippen LogP contribution in [0.3, 0.4) is 0 Å². The van der Waals surface area contributed by atoms with Crippen molar-refractivity contribution in [3.8, 4) is 11.3 Å². The van der Waals surface area contributed by atoms with Crippen LogP contribution in [-0.2, 0) is 6.42 Å². The van der Waals surface area contributed by atoms with Crippen molar-refractivity contribution >= 4 is 34.2 Å². The molecule has 4 rings (SSSR count). The van der Waals surface area contributed by atoms with Crippen LogP contribution < -0.4 is 11.2 Å². The Balaban J connectivity index is 1.91. The van der Waals surface area contributed by atoms with E-state index in [1.54, 1.807) is 0 Å².